The van der Waals surface area contributed by atoms with Gasteiger partial charge in [-0.25, -0.2) is 4.39 Å². The minimum atomic E-state index is -0.795. The molecule has 0 aliphatic carbocycles. The fourth-order valence-electron chi connectivity index (χ4n) is 2.41. The highest BCUT2D eigenvalue weighted by Gasteiger charge is 2.43. The van der Waals surface area contributed by atoms with Crippen molar-refractivity contribution in [3.05, 3.63) is 35.6 Å². The standard InChI is InChI=1S/C16H17FO3/c1-3-12(2)20-15(18)16(8-10-19-11-9-16)13-4-6-14(17)7-5-13/h1,4-7,12H,8-11H2,2H3/t12-/m1/s1. The maximum Gasteiger partial charge on any atom is 0.317 e. The number of rotatable bonds is 3. The van der Waals surface area contributed by atoms with Gasteiger partial charge < -0.3 is 9.47 Å². The second-order valence-electron chi connectivity index (χ2n) is 4.92. The normalized spacial score (nSPS) is 18.9. The summed E-state index contributed by atoms with van der Waals surface area (Å²) in [4.78, 5) is 12.5. The van der Waals surface area contributed by atoms with Gasteiger partial charge >= 0.3 is 5.97 Å². The maximum atomic E-state index is 13.1. The smallest absolute Gasteiger partial charge is 0.317 e. The van der Waals surface area contributed by atoms with Crippen LogP contribution in [0.4, 0.5) is 4.39 Å². The van der Waals surface area contributed by atoms with Crippen LogP contribution < -0.4 is 0 Å². The molecule has 0 bridgehead atoms. The molecular formula is C16H17FO3. The van der Waals surface area contributed by atoms with Crippen molar-refractivity contribution in [1.82, 2.24) is 0 Å². The summed E-state index contributed by atoms with van der Waals surface area (Å²) in [6.45, 7) is 2.59. The third-order valence-electron chi connectivity index (χ3n) is 3.65. The van der Waals surface area contributed by atoms with E-state index in [0.717, 1.165) is 5.56 Å². The number of hydrogen-bond donors (Lipinski definition) is 0. The minimum Gasteiger partial charge on any atom is -0.449 e. The van der Waals surface area contributed by atoms with Crippen LogP contribution in [0.25, 0.3) is 0 Å². The molecule has 0 radical (unpaired) electrons. The van der Waals surface area contributed by atoms with Gasteiger partial charge in [-0.1, -0.05) is 18.1 Å². The number of ether oxygens (including phenoxy) is 2. The Bertz CT molecular complexity index is 510. The molecule has 1 heterocycles. The van der Waals surface area contributed by atoms with Gasteiger partial charge in [0.25, 0.3) is 0 Å². The lowest BCUT2D eigenvalue weighted by atomic mass is 9.74. The van der Waals surface area contributed by atoms with Gasteiger partial charge in [0.15, 0.2) is 6.10 Å². The van der Waals surface area contributed by atoms with Crippen molar-refractivity contribution in [3.8, 4) is 12.3 Å². The molecule has 4 heteroatoms. The minimum absolute atomic E-state index is 0.332. The zero-order valence-corrected chi connectivity index (χ0v) is 11.4. The Morgan fingerprint density at radius 1 is 1.40 bits per heavy atom. The van der Waals surface area contributed by atoms with E-state index in [2.05, 4.69) is 5.92 Å². The van der Waals surface area contributed by atoms with Crippen LogP contribution in [0.15, 0.2) is 24.3 Å². The van der Waals surface area contributed by atoms with Crippen molar-refractivity contribution in [2.24, 2.45) is 0 Å². The van der Waals surface area contributed by atoms with Gasteiger partial charge in [0, 0.05) is 13.2 Å². The topological polar surface area (TPSA) is 35.5 Å². The van der Waals surface area contributed by atoms with Gasteiger partial charge in [-0.2, -0.15) is 0 Å². The fraction of sp³-hybridized carbons (Fsp3) is 0.438. The van der Waals surface area contributed by atoms with E-state index in [4.69, 9.17) is 15.9 Å². The van der Waals surface area contributed by atoms with E-state index >= 15 is 0 Å². The van der Waals surface area contributed by atoms with E-state index < -0.39 is 11.5 Å². The number of hydrogen-bond acceptors (Lipinski definition) is 3. The molecule has 0 N–H and O–H groups in total. The molecule has 1 aromatic rings. The van der Waals surface area contributed by atoms with E-state index in [-0.39, 0.29) is 11.8 Å². The van der Waals surface area contributed by atoms with E-state index in [1.807, 2.05) is 0 Å². The highest BCUT2D eigenvalue weighted by atomic mass is 19.1. The summed E-state index contributed by atoms with van der Waals surface area (Å²) in [5.74, 6) is 1.68. The molecule has 20 heavy (non-hydrogen) atoms. The predicted octanol–water partition coefficient (Wildman–Crippen LogP) is 2.44. The lowest BCUT2D eigenvalue weighted by Gasteiger charge is -2.35. The number of halogens is 1. The fourth-order valence-corrected chi connectivity index (χ4v) is 2.41. The summed E-state index contributed by atoms with van der Waals surface area (Å²) in [7, 11) is 0. The van der Waals surface area contributed by atoms with Crippen molar-refractivity contribution >= 4 is 5.97 Å². The van der Waals surface area contributed by atoms with Crippen LogP contribution in [-0.2, 0) is 19.7 Å². The Kier molecular flexibility index (Phi) is 4.41. The van der Waals surface area contributed by atoms with Crippen LogP contribution in [0.2, 0.25) is 0 Å². The summed E-state index contributed by atoms with van der Waals surface area (Å²) < 4.78 is 23.7. The molecule has 106 valence electrons. The Morgan fingerprint density at radius 2 is 2.00 bits per heavy atom. The molecule has 0 unspecified atom stereocenters. The van der Waals surface area contributed by atoms with Gasteiger partial charge in [0.2, 0.25) is 0 Å². The van der Waals surface area contributed by atoms with Crippen molar-refractivity contribution in [3.63, 3.8) is 0 Å². The molecule has 1 aromatic carbocycles. The monoisotopic (exact) mass is 276 g/mol. The van der Waals surface area contributed by atoms with E-state index in [0.29, 0.717) is 26.1 Å². The number of esters is 1. The van der Waals surface area contributed by atoms with Gasteiger partial charge in [0.1, 0.15) is 5.82 Å². The lowest BCUT2D eigenvalue weighted by molar-refractivity contribution is -0.157. The average molecular weight is 276 g/mol. The Morgan fingerprint density at radius 3 is 2.55 bits per heavy atom. The van der Waals surface area contributed by atoms with Crippen molar-refractivity contribution in [2.75, 3.05) is 13.2 Å². The highest BCUT2D eigenvalue weighted by Crippen LogP contribution is 2.36. The van der Waals surface area contributed by atoms with Crippen molar-refractivity contribution in [1.29, 1.82) is 0 Å². The van der Waals surface area contributed by atoms with E-state index in [1.54, 1.807) is 19.1 Å². The molecule has 1 saturated heterocycles. The van der Waals surface area contributed by atoms with Crippen LogP contribution in [-0.4, -0.2) is 25.3 Å². The molecule has 1 fully saturated rings. The molecule has 1 aliphatic heterocycles. The third kappa shape index (κ3) is 2.83. The van der Waals surface area contributed by atoms with Crippen LogP contribution in [0.1, 0.15) is 25.3 Å². The van der Waals surface area contributed by atoms with Crippen molar-refractivity contribution < 1.29 is 18.7 Å². The molecule has 0 spiro atoms. The Labute approximate surface area is 118 Å². The van der Waals surface area contributed by atoms with Gasteiger partial charge in [-0.15, -0.1) is 6.42 Å². The average Bonchev–Trinajstić information content (AvgIpc) is 2.48. The largest absolute Gasteiger partial charge is 0.449 e. The second-order valence-corrected chi connectivity index (χ2v) is 4.92. The molecule has 0 saturated carbocycles. The molecule has 3 nitrogen and oxygen atoms in total. The van der Waals surface area contributed by atoms with Crippen LogP contribution >= 0.6 is 0 Å². The zero-order valence-electron chi connectivity index (χ0n) is 11.4. The Balaban J connectivity index is 2.32. The number of benzene rings is 1. The van der Waals surface area contributed by atoms with Gasteiger partial charge in [-0.05, 0) is 37.5 Å². The van der Waals surface area contributed by atoms with Crippen molar-refractivity contribution in [2.45, 2.75) is 31.3 Å². The molecule has 0 amide bonds. The van der Waals surface area contributed by atoms with Crippen LogP contribution in [0.5, 0.6) is 0 Å². The highest BCUT2D eigenvalue weighted by molar-refractivity contribution is 5.83. The van der Waals surface area contributed by atoms with E-state index in [1.165, 1.54) is 12.1 Å². The zero-order chi connectivity index (χ0) is 14.6. The number of carbonyl (C=O) groups is 1. The third-order valence-corrected chi connectivity index (χ3v) is 3.65. The summed E-state index contributed by atoms with van der Waals surface area (Å²) in [5, 5.41) is 0. The molecule has 0 aromatic heterocycles. The first-order chi connectivity index (χ1) is 9.58. The lowest BCUT2D eigenvalue weighted by Crippen LogP contribution is -2.43. The van der Waals surface area contributed by atoms with Crippen LogP contribution in [0.3, 0.4) is 0 Å². The molecular weight excluding hydrogens is 259 g/mol. The maximum absolute atomic E-state index is 13.1. The van der Waals surface area contributed by atoms with Gasteiger partial charge in [-0.3, -0.25) is 4.79 Å². The van der Waals surface area contributed by atoms with Crippen LogP contribution in [0, 0.1) is 18.2 Å². The summed E-state index contributed by atoms with van der Waals surface area (Å²) in [6.07, 6.45) is 5.69. The SMILES string of the molecule is C#C[C@@H](C)OC(=O)C1(c2ccc(F)cc2)CCOCC1. The molecule has 1 aliphatic rings. The first-order valence-corrected chi connectivity index (χ1v) is 6.59. The summed E-state index contributed by atoms with van der Waals surface area (Å²) in [6, 6.07) is 5.96. The summed E-state index contributed by atoms with van der Waals surface area (Å²) >= 11 is 0. The van der Waals surface area contributed by atoms with E-state index in [9.17, 15) is 9.18 Å². The summed E-state index contributed by atoms with van der Waals surface area (Å²) in [5.41, 5.74) is -0.0479. The second kappa shape index (κ2) is 6.06. The quantitative estimate of drug-likeness (QED) is 0.628. The first-order valence-electron chi connectivity index (χ1n) is 6.59. The molecule has 2 rings (SSSR count). The number of carbonyl (C=O) groups excluding carboxylic acids is 1. The van der Waals surface area contributed by atoms with Gasteiger partial charge in [0.05, 0.1) is 5.41 Å². The predicted molar refractivity (Wildman–Crippen MR) is 72.5 cm³/mol. The molecule has 1 atom stereocenters. The first kappa shape index (κ1) is 14.5. The number of terminal acetylenes is 1. The Hall–Kier alpha value is -1.86.